The molecule has 2 N–H and O–H groups in total. The molecule has 0 fully saturated rings. The zero-order valence-corrected chi connectivity index (χ0v) is 12.5. The molecule has 100 valence electrons. The van der Waals surface area contributed by atoms with Crippen molar-refractivity contribution in [3.8, 4) is 0 Å². The predicted octanol–water partition coefficient (Wildman–Crippen LogP) is 2.90. The predicted molar refractivity (Wildman–Crippen MR) is 77.4 cm³/mol. The van der Waals surface area contributed by atoms with E-state index >= 15 is 0 Å². The molecule has 0 spiro atoms. The lowest BCUT2D eigenvalue weighted by molar-refractivity contribution is 0.0697. The molecule has 0 radical (unpaired) electrons. The largest absolute Gasteiger partial charge is 0.478 e. The van der Waals surface area contributed by atoms with Gasteiger partial charge in [-0.25, -0.2) is 4.79 Å². The molecule has 0 aliphatic heterocycles. The van der Waals surface area contributed by atoms with Crippen molar-refractivity contribution in [2.45, 2.75) is 19.4 Å². The fourth-order valence-electron chi connectivity index (χ4n) is 1.60. The second-order valence-electron chi connectivity index (χ2n) is 4.67. The number of halogens is 1. The Morgan fingerprint density at radius 3 is 2.67 bits per heavy atom. The van der Waals surface area contributed by atoms with Crippen LogP contribution in [0.15, 0.2) is 22.7 Å². The van der Waals surface area contributed by atoms with Crippen molar-refractivity contribution in [2.75, 3.05) is 26.0 Å². The van der Waals surface area contributed by atoms with Crippen LogP contribution in [-0.2, 0) is 0 Å². The minimum absolute atomic E-state index is 0.284. The van der Waals surface area contributed by atoms with Gasteiger partial charge in [-0.15, -0.1) is 0 Å². The first-order valence-electron chi connectivity index (χ1n) is 5.83. The summed E-state index contributed by atoms with van der Waals surface area (Å²) in [6.45, 7) is 3.08. The molecule has 18 heavy (non-hydrogen) atoms. The van der Waals surface area contributed by atoms with Gasteiger partial charge in [0.25, 0.3) is 0 Å². The number of rotatable bonds is 6. The Labute approximate surface area is 116 Å². The third kappa shape index (κ3) is 5.06. The number of aromatic carboxylic acids is 1. The van der Waals surface area contributed by atoms with Gasteiger partial charge in [-0.05, 0) is 52.2 Å². The zero-order valence-electron chi connectivity index (χ0n) is 10.9. The first-order valence-corrected chi connectivity index (χ1v) is 6.63. The van der Waals surface area contributed by atoms with E-state index in [1.165, 1.54) is 0 Å². The summed E-state index contributed by atoms with van der Waals surface area (Å²) in [4.78, 5) is 13.1. The number of hydrogen-bond acceptors (Lipinski definition) is 3. The monoisotopic (exact) mass is 314 g/mol. The fraction of sp³-hybridized carbons (Fsp3) is 0.462. The lowest BCUT2D eigenvalue weighted by Gasteiger charge is -2.18. The number of benzene rings is 1. The smallest absolute Gasteiger partial charge is 0.335 e. The van der Waals surface area contributed by atoms with Crippen LogP contribution in [0.5, 0.6) is 0 Å². The Morgan fingerprint density at radius 2 is 2.11 bits per heavy atom. The normalized spacial score (nSPS) is 12.5. The summed E-state index contributed by atoms with van der Waals surface area (Å²) in [6, 6.07) is 5.43. The Balaban J connectivity index is 2.69. The van der Waals surface area contributed by atoms with Gasteiger partial charge in [0.05, 0.1) is 5.56 Å². The maximum absolute atomic E-state index is 11.0. The number of carbonyl (C=O) groups is 1. The molecule has 0 aliphatic carbocycles. The van der Waals surface area contributed by atoms with E-state index in [1.807, 2.05) is 20.2 Å². The number of hydrogen-bond donors (Lipinski definition) is 2. The van der Waals surface area contributed by atoms with Crippen LogP contribution >= 0.6 is 15.9 Å². The third-order valence-electron chi connectivity index (χ3n) is 2.57. The highest BCUT2D eigenvalue weighted by Gasteiger charge is 2.08. The van der Waals surface area contributed by atoms with Crippen LogP contribution in [0.4, 0.5) is 5.69 Å². The van der Waals surface area contributed by atoms with Crippen molar-refractivity contribution in [2.24, 2.45) is 0 Å². The lowest BCUT2D eigenvalue weighted by atomic mass is 10.1. The van der Waals surface area contributed by atoms with Gasteiger partial charge >= 0.3 is 5.97 Å². The molecule has 1 atom stereocenters. The zero-order chi connectivity index (χ0) is 13.7. The molecule has 0 heterocycles. The minimum Gasteiger partial charge on any atom is -0.478 e. The van der Waals surface area contributed by atoms with Crippen LogP contribution in [-0.4, -0.2) is 42.7 Å². The van der Waals surface area contributed by atoms with E-state index < -0.39 is 5.97 Å². The molecule has 1 unspecified atom stereocenters. The second-order valence-corrected chi connectivity index (χ2v) is 5.59. The van der Waals surface area contributed by atoms with Crippen molar-refractivity contribution in [3.63, 3.8) is 0 Å². The van der Waals surface area contributed by atoms with Gasteiger partial charge in [-0.2, -0.15) is 0 Å². The third-order valence-corrected chi connectivity index (χ3v) is 3.02. The van der Waals surface area contributed by atoms with Crippen LogP contribution in [0.25, 0.3) is 0 Å². The molecule has 4 nitrogen and oxygen atoms in total. The van der Waals surface area contributed by atoms with Crippen LogP contribution in [0.3, 0.4) is 0 Å². The molecular formula is C13H19BrN2O2. The quantitative estimate of drug-likeness (QED) is 0.847. The maximum Gasteiger partial charge on any atom is 0.335 e. The van der Waals surface area contributed by atoms with Crippen molar-refractivity contribution in [3.05, 3.63) is 28.2 Å². The second kappa shape index (κ2) is 6.75. The van der Waals surface area contributed by atoms with Gasteiger partial charge in [0, 0.05) is 16.2 Å². The highest BCUT2D eigenvalue weighted by molar-refractivity contribution is 9.10. The van der Waals surface area contributed by atoms with E-state index in [0.717, 1.165) is 23.1 Å². The molecule has 0 aromatic heterocycles. The number of nitrogens with zero attached hydrogens (tertiary/aromatic N) is 1. The Bertz CT molecular complexity index is 421. The van der Waals surface area contributed by atoms with Crippen molar-refractivity contribution in [1.82, 2.24) is 4.90 Å². The van der Waals surface area contributed by atoms with Crippen molar-refractivity contribution < 1.29 is 9.90 Å². The Kier molecular flexibility index (Phi) is 5.62. The summed E-state index contributed by atoms with van der Waals surface area (Å²) in [5, 5.41) is 12.3. The molecule has 0 saturated carbocycles. The number of anilines is 1. The first-order chi connectivity index (χ1) is 8.38. The van der Waals surface area contributed by atoms with Crippen molar-refractivity contribution >= 4 is 27.6 Å². The van der Waals surface area contributed by atoms with Crippen molar-refractivity contribution in [1.29, 1.82) is 0 Å². The Morgan fingerprint density at radius 1 is 1.44 bits per heavy atom. The topological polar surface area (TPSA) is 52.6 Å². The van der Waals surface area contributed by atoms with E-state index in [0.29, 0.717) is 6.04 Å². The molecule has 0 aliphatic rings. The van der Waals surface area contributed by atoms with Crippen LogP contribution in [0.2, 0.25) is 0 Å². The summed E-state index contributed by atoms with van der Waals surface area (Å²) < 4.78 is 0.768. The van der Waals surface area contributed by atoms with Crippen LogP contribution in [0.1, 0.15) is 23.7 Å². The van der Waals surface area contributed by atoms with Crippen LogP contribution < -0.4 is 5.32 Å². The summed E-state index contributed by atoms with van der Waals surface area (Å²) in [6.07, 6.45) is 1.00. The summed E-state index contributed by atoms with van der Waals surface area (Å²) in [7, 11) is 4.07. The summed E-state index contributed by atoms with van der Waals surface area (Å²) in [5.41, 5.74) is 1.11. The molecule has 0 amide bonds. The SMILES string of the molecule is CC(CCN(C)C)Nc1cc(Br)cc(C(=O)O)c1. The maximum atomic E-state index is 11.0. The lowest BCUT2D eigenvalue weighted by Crippen LogP contribution is -2.23. The van der Waals surface area contributed by atoms with E-state index in [2.05, 4.69) is 33.1 Å². The van der Waals surface area contributed by atoms with Gasteiger partial charge < -0.3 is 15.3 Å². The average molecular weight is 315 g/mol. The fourth-order valence-corrected chi connectivity index (χ4v) is 2.10. The summed E-state index contributed by atoms with van der Waals surface area (Å²) in [5.74, 6) is -0.916. The van der Waals surface area contributed by atoms with Gasteiger partial charge in [0.2, 0.25) is 0 Å². The van der Waals surface area contributed by atoms with Gasteiger partial charge in [0.1, 0.15) is 0 Å². The van der Waals surface area contributed by atoms with E-state index in [9.17, 15) is 4.79 Å². The van der Waals surface area contributed by atoms with Crippen LogP contribution in [0, 0.1) is 0 Å². The van der Waals surface area contributed by atoms with E-state index in [1.54, 1.807) is 12.1 Å². The number of carboxylic acid groups (broad SMARTS) is 1. The average Bonchev–Trinajstić information content (AvgIpc) is 2.25. The first kappa shape index (κ1) is 15.0. The van der Waals surface area contributed by atoms with Gasteiger partial charge in [0.15, 0.2) is 0 Å². The molecular weight excluding hydrogens is 296 g/mol. The highest BCUT2D eigenvalue weighted by atomic mass is 79.9. The summed E-state index contributed by atoms with van der Waals surface area (Å²) >= 11 is 3.32. The molecule has 1 rings (SSSR count). The standard InChI is InChI=1S/C13H19BrN2O2/c1-9(4-5-16(2)3)15-12-7-10(13(17)18)6-11(14)8-12/h6-9,15H,4-5H2,1-3H3,(H,17,18). The number of nitrogens with one attached hydrogen (secondary N) is 1. The highest BCUT2D eigenvalue weighted by Crippen LogP contribution is 2.20. The molecule has 0 bridgehead atoms. The van der Waals surface area contributed by atoms with Gasteiger partial charge in [-0.3, -0.25) is 0 Å². The molecule has 5 heteroatoms. The molecule has 0 saturated heterocycles. The molecule has 1 aromatic carbocycles. The van der Waals surface area contributed by atoms with E-state index in [4.69, 9.17) is 5.11 Å². The van der Waals surface area contributed by atoms with Gasteiger partial charge in [-0.1, -0.05) is 15.9 Å². The molecule has 1 aromatic rings. The van der Waals surface area contributed by atoms with E-state index in [-0.39, 0.29) is 5.56 Å². The number of carboxylic acids is 1. The minimum atomic E-state index is -0.916. The Hall–Kier alpha value is -1.07.